The van der Waals surface area contributed by atoms with Gasteiger partial charge in [0.1, 0.15) is 16.8 Å². The Bertz CT molecular complexity index is 834. The molecule has 3 heterocycles. The maximum absolute atomic E-state index is 9.46. The van der Waals surface area contributed by atoms with Gasteiger partial charge < -0.3 is 4.42 Å². The van der Waals surface area contributed by atoms with Crippen molar-refractivity contribution in [2.24, 2.45) is 5.92 Å². The Hall–Kier alpha value is -2.13. The van der Waals surface area contributed by atoms with Crippen LogP contribution in [0.15, 0.2) is 22.8 Å². The summed E-state index contributed by atoms with van der Waals surface area (Å²) in [5, 5.41) is 15.1. The minimum atomic E-state index is 0.454. The smallest absolute Gasteiger partial charge is 0.214 e. The predicted octanol–water partition coefficient (Wildman–Crippen LogP) is 4.44. The van der Waals surface area contributed by atoms with E-state index >= 15 is 0 Å². The normalized spacial score (nSPS) is 16.0. The van der Waals surface area contributed by atoms with Crippen molar-refractivity contribution >= 4 is 16.3 Å². The van der Waals surface area contributed by atoms with Gasteiger partial charge in [0.15, 0.2) is 11.5 Å². The van der Waals surface area contributed by atoms with Gasteiger partial charge in [-0.3, -0.25) is 0 Å². The zero-order valence-corrected chi connectivity index (χ0v) is 13.7. The molecule has 0 aromatic carbocycles. The highest BCUT2D eigenvalue weighted by molar-refractivity contribution is 7.16. The van der Waals surface area contributed by atoms with E-state index in [9.17, 15) is 5.26 Å². The van der Waals surface area contributed by atoms with Crippen molar-refractivity contribution in [3.63, 3.8) is 0 Å². The lowest BCUT2D eigenvalue weighted by Gasteiger charge is -2.20. The minimum Gasteiger partial charge on any atom is -0.463 e. The topological polar surface area (TPSA) is 67.1 Å². The molecule has 0 atom stereocenters. The first kappa shape index (κ1) is 14.5. The molecule has 0 radical (unpaired) electrons. The van der Waals surface area contributed by atoms with Crippen molar-refractivity contribution in [3.8, 4) is 17.5 Å². The molecule has 1 aliphatic carbocycles. The number of nitriles is 1. The first-order valence-corrected chi connectivity index (χ1v) is 8.99. The number of imidazole rings is 1. The summed E-state index contributed by atoms with van der Waals surface area (Å²) in [5.74, 6) is 1.46. The lowest BCUT2D eigenvalue weighted by atomic mass is 9.86. The highest BCUT2D eigenvalue weighted by atomic mass is 32.1. The predicted molar refractivity (Wildman–Crippen MR) is 88.2 cm³/mol. The summed E-state index contributed by atoms with van der Waals surface area (Å²) in [6.07, 6.45) is 10.6. The molecular formula is C17H18N4OS. The number of aryl methyl sites for hydroxylation is 1. The second-order valence-electron chi connectivity index (χ2n) is 6.13. The standard InChI is InChI=1S/C17H18N4OS/c18-11-13-16(14-7-4-10-22-14)19-17-21(13)20-15(23-17)9-8-12-5-2-1-3-6-12/h4,7,10,12H,1-3,5-6,8-9H2. The summed E-state index contributed by atoms with van der Waals surface area (Å²) in [4.78, 5) is 5.31. The zero-order chi connectivity index (χ0) is 15.6. The number of rotatable bonds is 4. The molecule has 1 saturated carbocycles. The Kier molecular flexibility index (Phi) is 3.88. The molecule has 0 amide bonds. The first-order valence-electron chi connectivity index (χ1n) is 8.17. The van der Waals surface area contributed by atoms with Crippen LogP contribution < -0.4 is 0 Å². The number of furan rings is 1. The van der Waals surface area contributed by atoms with Gasteiger partial charge in [-0.05, 0) is 24.5 Å². The van der Waals surface area contributed by atoms with E-state index in [2.05, 4.69) is 16.2 Å². The van der Waals surface area contributed by atoms with E-state index in [0.717, 1.165) is 22.3 Å². The fourth-order valence-corrected chi connectivity index (χ4v) is 4.29. The Morgan fingerprint density at radius 3 is 2.96 bits per heavy atom. The van der Waals surface area contributed by atoms with Gasteiger partial charge in [0, 0.05) is 6.42 Å². The maximum Gasteiger partial charge on any atom is 0.214 e. The molecule has 0 unspecified atom stereocenters. The largest absolute Gasteiger partial charge is 0.463 e. The van der Waals surface area contributed by atoms with E-state index < -0.39 is 0 Å². The van der Waals surface area contributed by atoms with Crippen LogP contribution >= 0.6 is 11.3 Å². The van der Waals surface area contributed by atoms with Gasteiger partial charge in [0.25, 0.3) is 0 Å². The molecule has 0 aliphatic heterocycles. The Balaban J connectivity index is 1.57. The Morgan fingerprint density at radius 2 is 2.22 bits per heavy atom. The highest BCUT2D eigenvalue weighted by Gasteiger charge is 2.20. The third-order valence-corrected chi connectivity index (χ3v) is 5.57. The number of aromatic nitrogens is 3. The summed E-state index contributed by atoms with van der Waals surface area (Å²) in [7, 11) is 0. The fraction of sp³-hybridized carbons (Fsp3) is 0.471. The van der Waals surface area contributed by atoms with Crippen molar-refractivity contribution in [2.45, 2.75) is 44.9 Å². The fourth-order valence-electron chi connectivity index (χ4n) is 3.38. The van der Waals surface area contributed by atoms with Crippen LogP contribution in [0.1, 0.15) is 49.2 Å². The molecule has 0 bridgehead atoms. The van der Waals surface area contributed by atoms with E-state index in [4.69, 9.17) is 4.42 Å². The molecule has 1 fully saturated rings. The number of hydrogen-bond donors (Lipinski definition) is 0. The van der Waals surface area contributed by atoms with E-state index in [1.54, 1.807) is 28.2 Å². The van der Waals surface area contributed by atoms with Gasteiger partial charge in [0.2, 0.25) is 4.96 Å². The summed E-state index contributed by atoms with van der Waals surface area (Å²) in [6.45, 7) is 0. The van der Waals surface area contributed by atoms with Crippen LogP contribution in [0.3, 0.4) is 0 Å². The molecular weight excluding hydrogens is 308 g/mol. The minimum absolute atomic E-state index is 0.454. The van der Waals surface area contributed by atoms with E-state index in [1.165, 1.54) is 38.5 Å². The molecule has 23 heavy (non-hydrogen) atoms. The number of nitrogens with zero attached hydrogens (tertiary/aromatic N) is 4. The summed E-state index contributed by atoms with van der Waals surface area (Å²) >= 11 is 1.58. The van der Waals surface area contributed by atoms with Crippen LogP contribution in [0.2, 0.25) is 0 Å². The summed E-state index contributed by atoms with van der Waals surface area (Å²) in [6, 6.07) is 5.83. The van der Waals surface area contributed by atoms with E-state index in [1.807, 2.05) is 6.07 Å². The average Bonchev–Trinajstić information content (AvgIpc) is 3.29. The first-order chi connectivity index (χ1) is 11.3. The SMILES string of the molecule is N#Cc1c(-c2ccco2)nc2sc(CCC3CCCCC3)nn12. The van der Waals surface area contributed by atoms with Crippen LogP contribution in [0.25, 0.3) is 16.4 Å². The zero-order valence-electron chi connectivity index (χ0n) is 12.9. The Labute approximate surface area is 138 Å². The third kappa shape index (κ3) is 2.77. The molecule has 4 rings (SSSR count). The van der Waals surface area contributed by atoms with E-state index in [0.29, 0.717) is 17.1 Å². The molecule has 6 heteroatoms. The van der Waals surface area contributed by atoms with E-state index in [-0.39, 0.29) is 0 Å². The number of hydrogen-bond acceptors (Lipinski definition) is 5. The molecule has 0 N–H and O–H groups in total. The quantitative estimate of drug-likeness (QED) is 0.711. The molecule has 3 aromatic heterocycles. The summed E-state index contributed by atoms with van der Waals surface area (Å²) < 4.78 is 7.03. The molecule has 3 aromatic rings. The lowest BCUT2D eigenvalue weighted by Crippen LogP contribution is -2.07. The van der Waals surface area contributed by atoms with Gasteiger partial charge in [-0.1, -0.05) is 43.4 Å². The van der Waals surface area contributed by atoms with Crippen molar-refractivity contribution in [1.82, 2.24) is 14.6 Å². The van der Waals surface area contributed by atoms with Crippen molar-refractivity contribution in [3.05, 3.63) is 29.1 Å². The van der Waals surface area contributed by atoms with Gasteiger partial charge in [-0.2, -0.15) is 14.9 Å². The van der Waals surface area contributed by atoms with Crippen molar-refractivity contribution in [2.75, 3.05) is 0 Å². The van der Waals surface area contributed by atoms with Gasteiger partial charge in [-0.15, -0.1) is 0 Å². The van der Waals surface area contributed by atoms with Crippen LogP contribution in [-0.2, 0) is 6.42 Å². The molecule has 0 spiro atoms. The summed E-state index contributed by atoms with van der Waals surface area (Å²) in [5.41, 5.74) is 1.03. The Morgan fingerprint density at radius 1 is 1.35 bits per heavy atom. The second-order valence-corrected chi connectivity index (χ2v) is 7.17. The van der Waals surface area contributed by atoms with Gasteiger partial charge >= 0.3 is 0 Å². The monoisotopic (exact) mass is 326 g/mol. The maximum atomic E-state index is 9.46. The van der Waals surface area contributed by atoms with Gasteiger partial charge in [0.05, 0.1) is 6.26 Å². The van der Waals surface area contributed by atoms with Crippen LogP contribution in [0.4, 0.5) is 0 Å². The lowest BCUT2D eigenvalue weighted by molar-refractivity contribution is 0.339. The van der Waals surface area contributed by atoms with Crippen LogP contribution in [0, 0.1) is 17.2 Å². The van der Waals surface area contributed by atoms with Crippen molar-refractivity contribution in [1.29, 1.82) is 5.26 Å². The number of fused-ring (bicyclic) bond motifs is 1. The molecule has 0 saturated heterocycles. The molecule has 1 aliphatic rings. The van der Waals surface area contributed by atoms with Crippen LogP contribution in [0.5, 0.6) is 0 Å². The van der Waals surface area contributed by atoms with Gasteiger partial charge in [-0.25, -0.2) is 4.98 Å². The highest BCUT2D eigenvalue weighted by Crippen LogP contribution is 2.30. The molecule has 118 valence electrons. The second kappa shape index (κ2) is 6.17. The molecule has 5 nitrogen and oxygen atoms in total. The van der Waals surface area contributed by atoms with Crippen molar-refractivity contribution < 1.29 is 4.42 Å². The average molecular weight is 326 g/mol. The third-order valence-electron chi connectivity index (χ3n) is 4.60. The van der Waals surface area contributed by atoms with Crippen LogP contribution in [-0.4, -0.2) is 14.6 Å².